The number of benzene rings is 3. The summed E-state index contributed by atoms with van der Waals surface area (Å²) in [6.45, 7) is 0. The number of hydrogen-bond donors (Lipinski definition) is 3. The molecule has 154 valence electrons. The number of anilines is 1. The highest BCUT2D eigenvalue weighted by molar-refractivity contribution is 7.90. The first-order valence-electron chi connectivity index (χ1n) is 9.63. The summed E-state index contributed by atoms with van der Waals surface area (Å²) in [5, 5.41) is 12.4. The predicted molar refractivity (Wildman–Crippen MR) is 124 cm³/mol. The first kappa shape index (κ1) is 19.1. The van der Waals surface area contributed by atoms with Crippen molar-refractivity contribution in [1.82, 2.24) is 9.97 Å². The summed E-state index contributed by atoms with van der Waals surface area (Å²) in [6, 6.07) is 22.1. The predicted octanol–water partition coefficient (Wildman–Crippen LogP) is 4.74. The summed E-state index contributed by atoms with van der Waals surface area (Å²) >= 11 is 0. The summed E-state index contributed by atoms with van der Waals surface area (Å²) in [6.07, 6.45) is 1.14. The molecule has 0 radical (unpaired) electrons. The molecule has 31 heavy (non-hydrogen) atoms. The molecule has 5 aromatic rings. The van der Waals surface area contributed by atoms with Gasteiger partial charge in [-0.05, 0) is 35.9 Å². The molecule has 0 bridgehead atoms. The van der Waals surface area contributed by atoms with Gasteiger partial charge in [0, 0.05) is 28.1 Å². The summed E-state index contributed by atoms with van der Waals surface area (Å²) in [5.74, 6) is 0.0211. The number of nitrogens with two attached hydrogens (primary N) is 1. The van der Waals surface area contributed by atoms with Gasteiger partial charge in [0.25, 0.3) is 0 Å². The number of H-pyrrole nitrogens is 1. The van der Waals surface area contributed by atoms with Crippen LogP contribution in [0.15, 0.2) is 77.7 Å². The van der Waals surface area contributed by atoms with Crippen molar-refractivity contribution < 1.29 is 13.5 Å². The van der Waals surface area contributed by atoms with E-state index in [0.29, 0.717) is 16.8 Å². The number of nitrogen functional groups attached to an aromatic ring is 1. The summed E-state index contributed by atoms with van der Waals surface area (Å²) < 4.78 is 24.1. The Hall–Kier alpha value is -3.84. The highest BCUT2D eigenvalue weighted by atomic mass is 32.2. The van der Waals surface area contributed by atoms with E-state index < -0.39 is 9.84 Å². The molecule has 0 spiro atoms. The summed E-state index contributed by atoms with van der Waals surface area (Å²) in [7, 11) is -3.46. The quantitative estimate of drug-likeness (QED) is 0.359. The Morgan fingerprint density at radius 1 is 0.968 bits per heavy atom. The molecule has 0 unspecified atom stereocenters. The van der Waals surface area contributed by atoms with Crippen molar-refractivity contribution in [2.75, 3.05) is 12.0 Å². The van der Waals surface area contributed by atoms with E-state index >= 15 is 0 Å². The van der Waals surface area contributed by atoms with Crippen molar-refractivity contribution in [1.29, 1.82) is 0 Å². The van der Waals surface area contributed by atoms with Gasteiger partial charge in [0.2, 0.25) is 0 Å². The lowest BCUT2D eigenvalue weighted by Crippen LogP contribution is -2.03. The monoisotopic (exact) mass is 429 g/mol. The van der Waals surface area contributed by atoms with E-state index in [0.717, 1.165) is 33.6 Å². The first-order valence-corrected chi connectivity index (χ1v) is 11.5. The van der Waals surface area contributed by atoms with Gasteiger partial charge in [-0.25, -0.2) is 13.4 Å². The minimum atomic E-state index is -3.46. The molecule has 0 aliphatic rings. The van der Waals surface area contributed by atoms with E-state index in [1.54, 1.807) is 12.1 Å². The van der Waals surface area contributed by atoms with Gasteiger partial charge in [-0.2, -0.15) is 0 Å². The second kappa shape index (κ2) is 6.85. The Bertz CT molecular complexity index is 1590. The zero-order valence-corrected chi connectivity index (χ0v) is 17.4. The van der Waals surface area contributed by atoms with Gasteiger partial charge in [-0.1, -0.05) is 42.5 Å². The number of aromatic nitrogens is 2. The van der Waals surface area contributed by atoms with E-state index in [4.69, 9.17) is 10.7 Å². The maximum Gasteiger partial charge on any atom is 0.199 e. The number of pyridine rings is 1. The van der Waals surface area contributed by atoms with E-state index in [1.165, 1.54) is 6.07 Å². The van der Waals surface area contributed by atoms with Gasteiger partial charge < -0.3 is 15.8 Å². The summed E-state index contributed by atoms with van der Waals surface area (Å²) in [5.41, 5.74) is 10.6. The SMILES string of the molecule is CS(=O)(=O)c1cccc(-c2ccc3[nH]c(O)c(-c4ccc5ccccc5n4)c3c2)c1N. The normalized spacial score (nSPS) is 11.9. The van der Waals surface area contributed by atoms with Crippen molar-refractivity contribution >= 4 is 37.3 Å². The fourth-order valence-electron chi connectivity index (χ4n) is 3.93. The second-order valence-corrected chi connectivity index (χ2v) is 9.47. The van der Waals surface area contributed by atoms with Gasteiger partial charge in [0.15, 0.2) is 15.7 Å². The molecule has 2 heterocycles. The number of nitrogens with zero attached hydrogens (tertiary/aromatic N) is 1. The maximum absolute atomic E-state index is 12.1. The number of para-hydroxylation sites is 2. The maximum atomic E-state index is 12.1. The molecule has 0 fully saturated rings. The Morgan fingerprint density at radius 2 is 1.77 bits per heavy atom. The lowest BCUT2D eigenvalue weighted by molar-refractivity contribution is 0.460. The van der Waals surface area contributed by atoms with Crippen LogP contribution in [0.25, 0.3) is 44.2 Å². The zero-order chi connectivity index (χ0) is 21.8. The minimum Gasteiger partial charge on any atom is -0.494 e. The third-order valence-electron chi connectivity index (χ3n) is 5.41. The molecule has 0 aliphatic heterocycles. The molecule has 0 amide bonds. The molecule has 4 N–H and O–H groups in total. The van der Waals surface area contributed by atoms with Crippen LogP contribution >= 0.6 is 0 Å². The van der Waals surface area contributed by atoms with Crippen LogP contribution in [0, 0.1) is 0 Å². The van der Waals surface area contributed by atoms with Crippen LogP contribution in [0.4, 0.5) is 5.69 Å². The average Bonchev–Trinajstić information content (AvgIpc) is 3.07. The Balaban J connectivity index is 1.73. The topological polar surface area (TPSA) is 109 Å². The van der Waals surface area contributed by atoms with E-state index in [2.05, 4.69) is 4.98 Å². The van der Waals surface area contributed by atoms with Crippen LogP contribution in [0.1, 0.15) is 0 Å². The van der Waals surface area contributed by atoms with Crippen LogP contribution in [0.5, 0.6) is 5.88 Å². The van der Waals surface area contributed by atoms with E-state index in [1.807, 2.05) is 54.6 Å². The highest BCUT2D eigenvalue weighted by Crippen LogP contribution is 2.39. The van der Waals surface area contributed by atoms with Crippen LogP contribution in [-0.4, -0.2) is 29.7 Å². The number of rotatable bonds is 3. The number of hydrogen-bond acceptors (Lipinski definition) is 5. The molecule has 5 rings (SSSR count). The van der Waals surface area contributed by atoms with Crippen LogP contribution in [0.3, 0.4) is 0 Å². The van der Waals surface area contributed by atoms with E-state index in [9.17, 15) is 13.5 Å². The molecule has 7 heteroatoms. The number of sulfone groups is 1. The summed E-state index contributed by atoms with van der Waals surface area (Å²) in [4.78, 5) is 7.80. The fraction of sp³-hybridized carbons (Fsp3) is 0.0417. The lowest BCUT2D eigenvalue weighted by Gasteiger charge is -2.10. The lowest BCUT2D eigenvalue weighted by atomic mass is 10.00. The number of fused-ring (bicyclic) bond motifs is 2. The standard InChI is InChI=1S/C24H19N3O3S/c1-31(29,30)21-8-4-6-16(23(21)25)15-10-11-19-17(13-15)22(24(28)27-19)20-12-9-14-5-2-3-7-18(14)26-20/h2-13,27-28H,25H2,1H3. The van der Waals surface area contributed by atoms with Crippen molar-refractivity contribution in [2.45, 2.75) is 4.90 Å². The molecular weight excluding hydrogens is 410 g/mol. The Morgan fingerprint density at radius 3 is 2.58 bits per heavy atom. The minimum absolute atomic E-state index is 0.0211. The first-order chi connectivity index (χ1) is 14.8. The van der Waals surface area contributed by atoms with Gasteiger partial charge in [-0.3, -0.25) is 0 Å². The fourth-order valence-corrected chi connectivity index (χ4v) is 4.76. The Labute approximate surface area is 178 Å². The third kappa shape index (κ3) is 3.19. The second-order valence-electron chi connectivity index (χ2n) is 7.49. The molecule has 6 nitrogen and oxygen atoms in total. The molecule has 0 saturated heterocycles. The number of aromatic hydroxyl groups is 1. The molecule has 3 aromatic carbocycles. The van der Waals surface area contributed by atoms with Gasteiger partial charge >= 0.3 is 0 Å². The molecular formula is C24H19N3O3S. The van der Waals surface area contributed by atoms with Crippen LogP contribution in [-0.2, 0) is 9.84 Å². The van der Waals surface area contributed by atoms with Crippen molar-refractivity contribution in [3.63, 3.8) is 0 Å². The van der Waals surface area contributed by atoms with Crippen molar-refractivity contribution in [3.8, 4) is 28.3 Å². The Kier molecular flexibility index (Phi) is 4.23. The zero-order valence-electron chi connectivity index (χ0n) is 16.6. The average molecular weight is 430 g/mol. The molecule has 0 saturated carbocycles. The molecule has 0 aliphatic carbocycles. The third-order valence-corrected chi connectivity index (χ3v) is 6.56. The van der Waals surface area contributed by atoms with Gasteiger partial charge in [0.1, 0.15) is 0 Å². The number of nitrogens with one attached hydrogen (secondary N) is 1. The smallest absolute Gasteiger partial charge is 0.199 e. The van der Waals surface area contributed by atoms with Gasteiger partial charge in [-0.15, -0.1) is 0 Å². The van der Waals surface area contributed by atoms with Crippen molar-refractivity contribution in [2.24, 2.45) is 0 Å². The number of aromatic amines is 1. The van der Waals surface area contributed by atoms with Gasteiger partial charge in [0.05, 0.1) is 27.4 Å². The van der Waals surface area contributed by atoms with Crippen molar-refractivity contribution in [3.05, 3.63) is 72.8 Å². The van der Waals surface area contributed by atoms with E-state index in [-0.39, 0.29) is 16.5 Å². The van der Waals surface area contributed by atoms with Crippen LogP contribution in [0.2, 0.25) is 0 Å². The highest BCUT2D eigenvalue weighted by Gasteiger charge is 2.18. The molecule has 0 atom stereocenters. The molecule has 2 aromatic heterocycles. The van der Waals surface area contributed by atoms with Crippen LogP contribution < -0.4 is 5.73 Å². The largest absolute Gasteiger partial charge is 0.494 e.